The number of hydrogen-bond acceptors (Lipinski definition) is 4. The fraction of sp³-hybridized carbons (Fsp3) is 0.818. The zero-order valence-electron chi connectivity index (χ0n) is 9.81. The van der Waals surface area contributed by atoms with Crippen molar-refractivity contribution in [3.05, 3.63) is 0 Å². The van der Waals surface area contributed by atoms with Gasteiger partial charge < -0.3 is 10.0 Å². The van der Waals surface area contributed by atoms with Crippen LogP contribution in [0.1, 0.15) is 19.8 Å². The lowest BCUT2D eigenvalue weighted by Gasteiger charge is -2.21. The molecule has 0 aromatic heterocycles. The summed E-state index contributed by atoms with van der Waals surface area (Å²) >= 11 is 0. The molecule has 1 amide bonds. The highest BCUT2D eigenvalue weighted by molar-refractivity contribution is 5.96. The fourth-order valence-corrected chi connectivity index (χ4v) is 1.91. The predicted octanol–water partition coefficient (Wildman–Crippen LogP) is -0.508. The molecule has 1 aliphatic rings. The Labute approximate surface area is 96.0 Å². The van der Waals surface area contributed by atoms with E-state index >= 15 is 0 Å². The van der Waals surface area contributed by atoms with E-state index in [0.29, 0.717) is 19.6 Å². The van der Waals surface area contributed by atoms with Crippen LogP contribution in [0.4, 0.5) is 0 Å². The van der Waals surface area contributed by atoms with Gasteiger partial charge in [0, 0.05) is 26.2 Å². The van der Waals surface area contributed by atoms with Crippen molar-refractivity contribution in [2.45, 2.75) is 19.8 Å². The van der Waals surface area contributed by atoms with Crippen LogP contribution in [0.2, 0.25) is 0 Å². The second kappa shape index (κ2) is 6.60. The molecule has 1 rings (SSSR count). The average Bonchev–Trinajstić information content (AvgIpc) is 2.43. The fourth-order valence-electron chi connectivity index (χ4n) is 1.91. The lowest BCUT2D eigenvalue weighted by Crippen LogP contribution is -2.36. The Hall–Kier alpha value is -0.940. The van der Waals surface area contributed by atoms with Gasteiger partial charge in [-0.2, -0.15) is 0 Å². The third-order valence-corrected chi connectivity index (χ3v) is 2.76. The van der Waals surface area contributed by atoms with Gasteiger partial charge in [-0.15, -0.1) is 0 Å². The summed E-state index contributed by atoms with van der Waals surface area (Å²) in [7, 11) is 0. The maximum Gasteiger partial charge on any atom is 0.230 e. The minimum atomic E-state index is -0.0820. The number of β-amino-alcohol motifs (C(OH)–C–C–N with tert-alkyl or cyclic N) is 1. The third-order valence-electron chi connectivity index (χ3n) is 2.76. The van der Waals surface area contributed by atoms with Crippen molar-refractivity contribution in [2.75, 3.05) is 39.3 Å². The number of carbonyl (C=O) groups is 2. The maximum absolute atomic E-state index is 11.7. The van der Waals surface area contributed by atoms with E-state index in [0.717, 1.165) is 19.5 Å². The first kappa shape index (κ1) is 13.1. The van der Waals surface area contributed by atoms with E-state index in [2.05, 4.69) is 4.90 Å². The second-order valence-corrected chi connectivity index (χ2v) is 4.18. The Bertz CT molecular complexity index is 256. The summed E-state index contributed by atoms with van der Waals surface area (Å²) in [6.07, 6.45) is 0.920. The maximum atomic E-state index is 11.7. The first-order chi connectivity index (χ1) is 7.63. The van der Waals surface area contributed by atoms with Crippen molar-refractivity contribution in [1.29, 1.82) is 0 Å². The number of aliphatic hydroxyl groups excluding tert-OH is 1. The molecule has 0 aliphatic carbocycles. The molecule has 1 fully saturated rings. The van der Waals surface area contributed by atoms with Gasteiger partial charge >= 0.3 is 0 Å². The van der Waals surface area contributed by atoms with Crippen molar-refractivity contribution < 1.29 is 14.7 Å². The smallest absolute Gasteiger partial charge is 0.230 e. The first-order valence-electron chi connectivity index (χ1n) is 5.74. The number of hydrogen-bond donors (Lipinski definition) is 1. The van der Waals surface area contributed by atoms with Crippen LogP contribution in [0.25, 0.3) is 0 Å². The minimum absolute atomic E-state index is 0.0139. The molecule has 0 spiro atoms. The SMILES string of the molecule is CC(=O)CC(=O)N1CCCN(CCO)CC1. The molecule has 0 unspecified atom stereocenters. The van der Waals surface area contributed by atoms with Crippen LogP contribution in [0.15, 0.2) is 0 Å². The molecule has 1 N–H and O–H groups in total. The Balaban J connectivity index is 2.40. The van der Waals surface area contributed by atoms with E-state index < -0.39 is 0 Å². The highest BCUT2D eigenvalue weighted by atomic mass is 16.3. The van der Waals surface area contributed by atoms with Crippen molar-refractivity contribution >= 4 is 11.7 Å². The van der Waals surface area contributed by atoms with E-state index in [-0.39, 0.29) is 24.7 Å². The molecule has 16 heavy (non-hydrogen) atoms. The topological polar surface area (TPSA) is 60.9 Å². The van der Waals surface area contributed by atoms with Crippen LogP contribution >= 0.6 is 0 Å². The molecule has 0 saturated carbocycles. The minimum Gasteiger partial charge on any atom is -0.395 e. The molecule has 0 bridgehead atoms. The number of aliphatic hydroxyl groups is 1. The summed E-state index contributed by atoms with van der Waals surface area (Å²) in [6, 6.07) is 0. The molecule has 0 aromatic carbocycles. The second-order valence-electron chi connectivity index (χ2n) is 4.18. The Morgan fingerprint density at radius 3 is 2.56 bits per heavy atom. The van der Waals surface area contributed by atoms with Crippen LogP contribution in [-0.2, 0) is 9.59 Å². The highest BCUT2D eigenvalue weighted by Gasteiger charge is 2.19. The summed E-state index contributed by atoms with van der Waals surface area (Å²) in [5.41, 5.74) is 0. The standard InChI is InChI=1S/C11H20N2O3/c1-10(15)9-11(16)13-4-2-3-12(5-6-13)7-8-14/h14H,2-9H2,1H3. The van der Waals surface area contributed by atoms with Crippen molar-refractivity contribution in [3.63, 3.8) is 0 Å². The Kier molecular flexibility index (Phi) is 5.42. The number of amides is 1. The molecule has 0 atom stereocenters. The molecule has 0 aromatic rings. The zero-order valence-corrected chi connectivity index (χ0v) is 9.81. The molecule has 5 nitrogen and oxygen atoms in total. The Morgan fingerprint density at radius 1 is 1.19 bits per heavy atom. The largest absolute Gasteiger partial charge is 0.395 e. The molecule has 92 valence electrons. The number of Topliss-reactive ketones (excluding diaryl/α,β-unsaturated/α-hetero) is 1. The van der Waals surface area contributed by atoms with Gasteiger partial charge in [-0.1, -0.05) is 0 Å². The van der Waals surface area contributed by atoms with Crippen LogP contribution in [0.5, 0.6) is 0 Å². The van der Waals surface area contributed by atoms with Crippen LogP contribution in [-0.4, -0.2) is 65.9 Å². The Morgan fingerprint density at radius 2 is 1.94 bits per heavy atom. The van der Waals surface area contributed by atoms with Crippen LogP contribution in [0.3, 0.4) is 0 Å². The van der Waals surface area contributed by atoms with Crippen molar-refractivity contribution in [2.24, 2.45) is 0 Å². The highest BCUT2D eigenvalue weighted by Crippen LogP contribution is 2.04. The molecule has 0 radical (unpaired) electrons. The lowest BCUT2D eigenvalue weighted by atomic mass is 10.2. The van der Waals surface area contributed by atoms with E-state index in [4.69, 9.17) is 5.11 Å². The van der Waals surface area contributed by atoms with E-state index in [1.54, 1.807) is 4.90 Å². The number of ketones is 1. The molecule has 1 saturated heterocycles. The van der Waals surface area contributed by atoms with Gasteiger partial charge in [0.1, 0.15) is 5.78 Å². The van der Waals surface area contributed by atoms with E-state index in [9.17, 15) is 9.59 Å². The first-order valence-corrected chi connectivity index (χ1v) is 5.74. The summed E-state index contributed by atoms with van der Waals surface area (Å²) in [5.74, 6) is -0.153. The van der Waals surface area contributed by atoms with Gasteiger partial charge in [0.2, 0.25) is 5.91 Å². The lowest BCUT2D eigenvalue weighted by molar-refractivity contribution is -0.134. The molecule has 1 aliphatic heterocycles. The van der Waals surface area contributed by atoms with E-state index in [1.165, 1.54) is 6.92 Å². The van der Waals surface area contributed by atoms with Crippen LogP contribution in [0, 0.1) is 0 Å². The number of carbonyl (C=O) groups excluding carboxylic acids is 2. The summed E-state index contributed by atoms with van der Waals surface area (Å²) in [5, 5.41) is 8.84. The molecular weight excluding hydrogens is 208 g/mol. The monoisotopic (exact) mass is 228 g/mol. The van der Waals surface area contributed by atoms with Gasteiger partial charge in [0.05, 0.1) is 13.0 Å². The number of rotatable bonds is 4. The van der Waals surface area contributed by atoms with Crippen molar-refractivity contribution in [1.82, 2.24) is 9.80 Å². The van der Waals surface area contributed by atoms with Gasteiger partial charge in [-0.05, 0) is 19.9 Å². The quantitative estimate of drug-likeness (QED) is 0.659. The van der Waals surface area contributed by atoms with Gasteiger partial charge in [-0.25, -0.2) is 0 Å². The van der Waals surface area contributed by atoms with E-state index in [1.807, 2.05) is 0 Å². The average molecular weight is 228 g/mol. The summed E-state index contributed by atoms with van der Waals surface area (Å²) < 4.78 is 0. The zero-order chi connectivity index (χ0) is 12.0. The summed E-state index contributed by atoms with van der Waals surface area (Å²) in [6.45, 7) is 5.32. The normalized spacial score (nSPS) is 18.2. The van der Waals surface area contributed by atoms with Crippen molar-refractivity contribution in [3.8, 4) is 0 Å². The van der Waals surface area contributed by atoms with Gasteiger partial charge in [0.15, 0.2) is 0 Å². The predicted molar refractivity (Wildman–Crippen MR) is 60.0 cm³/mol. The molecule has 5 heteroatoms. The third kappa shape index (κ3) is 4.28. The summed E-state index contributed by atoms with van der Waals surface area (Å²) in [4.78, 5) is 26.4. The van der Waals surface area contributed by atoms with Gasteiger partial charge in [0.25, 0.3) is 0 Å². The number of nitrogens with zero attached hydrogens (tertiary/aromatic N) is 2. The van der Waals surface area contributed by atoms with Crippen LogP contribution < -0.4 is 0 Å². The van der Waals surface area contributed by atoms with Gasteiger partial charge in [-0.3, -0.25) is 14.5 Å². The molecular formula is C11H20N2O3. The molecule has 1 heterocycles.